The van der Waals surface area contributed by atoms with Gasteiger partial charge in [0.1, 0.15) is 0 Å². The van der Waals surface area contributed by atoms with Crippen molar-refractivity contribution in [3.63, 3.8) is 0 Å². The third-order valence-electron chi connectivity index (χ3n) is 3.24. The fraction of sp³-hybridized carbons (Fsp3) is 0.357. The fourth-order valence-electron chi connectivity index (χ4n) is 1.89. The van der Waals surface area contributed by atoms with Gasteiger partial charge in [0, 0.05) is 11.8 Å². The molecule has 6 nitrogen and oxygen atoms in total. The van der Waals surface area contributed by atoms with E-state index in [9.17, 15) is 22.8 Å². The van der Waals surface area contributed by atoms with Crippen molar-refractivity contribution in [3.05, 3.63) is 41.7 Å². The summed E-state index contributed by atoms with van der Waals surface area (Å²) >= 11 is 0. The van der Waals surface area contributed by atoms with Gasteiger partial charge in [-0.05, 0) is 12.1 Å². The average Bonchev–Trinajstić information content (AvgIpc) is 2.42. The highest BCUT2D eigenvalue weighted by atomic mass is 19.4. The number of halogens is 3. The van der Waals surface area contributed by atoms with Gasteiger partial charge in [0.15, 0.2) is 5.60 Å². The monoisotopic (exact) mass is 330 g/mol. The van der Waals surface area contributed by atoms with Crippen molar-refractivity contribution >= 4 is 11.9 Å². The first-order valence-electron chi connectivity index (χ1n) is 6.45. The van der Waals surface area contributed by atoms with E-state index in [0.717, 1.165) is 12.1 Å². The highest BCUT2D eigenvalue weighted by Gasteiger charge is 2.46. The molecule has 0 radical (unpaired) electrons. The predicted molar refractivity (Wildman–Crippen MR) is 70.8 cm³/mol. The minimum absolute atomic E-state index is 0.0415. The number of esters is 1. The molecule has 1 fully saturated rings. The molecule has 1 aliphatic rings. The molecule has 0 atom stereocenters. The quantitative estimate of drug-likeness (QED) is 0.649. The van der Waals surface area contributed by atoms with E-state index in [1.165, 1.54) is 0 Å². The van der Waals surface area contributed by atoms with Crippen molar-refractivity contribution in [2.75, 3.05) is 13.2 Å². The van der Waals surface area contributed by atoms with Crippen LogP contribution >= 0.6 is 0 Å². The van der Waals surface area contributed by atoms with Crippen molar-refractivity contribution in [3.8, 4) is 0 Å². The van der Waals surface area contributed by atoms with Crippen LogP contribution in [0, 0.1) is 0 Å². The zero-order chi connectivity index (χ0) is 17.3. The molecule has 1 amide bonds. The predicted octanol–water partition coefficient (Wildman–Crippen LogP) is 1.30. The maximum absolute atomic E-state index is 12.5. The molecule has 0 saturated carbocycles. The Labute approximate surface area is 129 Å². The van der Waals surface area contributed by atoms with Crippen LogP contribution in [-0.2, 0) is 30.8 Å². The zero-order valence-electron chi connectivity index (χ0n) is 11.9. The standard InChI is InChI=1S/C14H13F3N2O4/c1-8(12(18)21)4-11(20)23-13(6-22-7-13)10-3-2-9(5-19-10)14(15,16)17/h2-3,5H,1,4,6-7H2,(H2,18,21). The first kappa shape index (κ1) is 16.9. The Bertz CT molecular complexity index is 636. The van der Waals surface area contributed by atoms with Gasteiger partial charge in [-0.25, -0.2) is 0 Å². The van der Waals surface area contributed by atoms with Gasteiger partial charge in [-0.2, -0.15) is 13.2 Å². The van der Waals surface area contributed by atoms with Crippen molar-refractivity contribution in [1.82, 2.24) is 4.98 Å². The van der Waals surface area contributed by atoms with Crippen molar-refractivity contribution in [2.24, 2.45) is 5.73 Å². The van der Waals surface area contributed by atoms with Crippen LogP contribution in [0.2, 0.25) is 0 Å². The van der Waals surface area contributed by atoms with Crippen LogP contribution in [0.3, 0.4) is 0 Å². The van der Waals surface area contributed by atoms with E-state index >= 15 is 0 Å². The normalized spacial score (nSPS) is 16.3. The lowest BCUT2D eigenvalue weighted by atomic mass is 9.96. The molecule has 124 valence electrons. The van der Waals surface area contributed by atoms with Crippen LogP contribution in [-0.4, -0.2) is 30.1 Å². The van der Waals surface area contributed by atoms with Crippen molar-refractivity contribution in [1.29, 1.82) is 0 Å². The fourth-order valence-corrected chi connectivity index (χ4v) is 1.89. The molecule has 1 aromatic heterocycles. The third kappa shape index (κ3) is 3.67. The number of nitrogens with two attached hydrogens (primary N) is 1. The summed E-state index contributed by atoms with van der Waals surface area (Å²) in [6.07, 6.45) is -4.27. The Morgan fingerprint density at radius 1 is 1.39 bits per heavy atom. The van der Waals surface area contributed by atoms with Gasteiger partial charge in [0.05, 0.1) is 30.9 Å². The largest absolute Gasteiger partial charge is 0.447 e. The van der Waals surface area contributed by atoms with Crippen LogP contribution < -0.4 is 5.73 Å². The van der Waals surface area contributed by atoms with Crippen molar-refractivity contribution in [2.45, 2.75) is 18.2 Å². The summed E-state index contributed by atoms with van der Waals surface area (Å²) in [6.45, 7) is 3.25. The number of alkyl halides is 3. The summed E-state index contributed by atoms with van der Waals surface area (Å²) in [6, 6.07) is 1.97. The van der Waals surface area contributed by atoms with Crippen LogP contribution in [0.4, 0.5) is 13.2 Å². The SMILES string of the molecule is C=C(CC(=O)OC1(c2ccc(C(F)(F)F)cn2)COC1)C(N)=O. The third-order valence-corrected chi connectivity index (χ3v) is 3.24. The Morgan fingerprint density at radius 3 is 2.43 bits per heavy atom. The Morgan fingerprint density at radius 2 is 2.04 bits per heavy atom. The lowest BCUT2D eigenvalue weighted by molar-refractivity contribution is -0.219. The number of amides is 1. The molecule has 2 N–H and O–H groups in total. The van der Waals surface area contributed by atoms with E-state index in [-0.39, 0.29) is 24.5 Å². The molecule has 0 spiro atoms. The number of ether oxygens (including phenoxy) is 2. The molecule has 2 rings (SSSR count). The van der Waals surface area contributed by atoms with Gasteiger partial charge in [-0.3, -0.25) is 14.6 Å². The maximum atomic E-state index is 12.5. The lowest BCUT2D eigenvalue weighted by Crippen LogP contribution is -2.51. The van der Waals surface area contributed by atoms with E-state index in [2.05, 4.69) is 11.6 Å². The number of primary amides is 1. The highest BCUT2D eigenvalue weighted by molar-refractivity contribution is 5.95. The molecular formula is C14H13F3N2O4. The summed E-state index contributed by atoms with van der Waals surface area (Å²) in [7, 11) is 0. The first-order valence-corrected chi connectivity index (χ1v) is 6.45. The van der Waals surface area contributed by atoms with Gasteiger partial charge in [-0.1, -0.05) is 6.58 Å². The molecule has 0 aliphatic carbocycles. The van der Waals surface area contributed by atoms with E-state index < -0.39 is 35.6 Å². The second-order valence-electron chi connectivity index (χ2n) is 5.04. The van der Waals surface area contributed by atoms with E-state index in [1.54, 1.807) is 0 Å². The number of rotatable bonds is 5. The summed E-state index contributed by atoms with van der Waals surface area (Å²) in [5.41, 5.74) is 2.80. The second-order valence-corrected chi connectivity index (χ2v) is 5.04. The zero-order valence-corrected chi connectivity index (χ0v) is 11.9. The summed E-state index contributed by atoms with van der Waals surface area (Å²) in [5.74, 6) is -1.63. The van der Waals surface area contributed by atoms with E-state index in [0.29, 0.717) is 6.20 Å². The first-order chi connectivity index (χ1) is 10.6. The summed E-state index contributed by atoms with van der Waals surface area (Å²) in [5, 5.41) is 0. The number of hydrogen-bond donors (Lipinski definition) is 1. The number of carbonyl (C=O) groups excluding carboxylic acids is 2. The average molecular weight is 330 g/mol. The molecule has 0 aromatic carbocycles. The smallest absolute Gasteiger partial charge is 0.417 e. The highest BCUT2D eigenvalue weighted by Crippen LogP contribution is 2.35. The molecule has 9 heteroatoms. The van der Waals surface area contributed by atoms with Gasteiger partial charge in [0.25, 0.3) is 0 Å². The molecule has 0 unspecified atom stereocenters. The summed E-state index contributed by atoms with van der Waals surface area (Å²) < 4.78 is 47.8. The Kier molecular flexibility index (Phi) is 4.42. The molecule has 23 heavy (non-hydrogen) atoms. The number of aromatic nitrogens is 1. The summed E-state index contributed by atoms with van der Waals surface area (Å²) in [4.78, 5) is 26.4. The molecule has 2 heterocycles. The maximum Gasteiger partial charge on any atom is 0.417 e. The van der Waals surface area contributed by atoms with E-state index in [4.69, 9.17) is 15.2 Å². The van der Waals surface area contributed by atoms with Crippen LogP contribution in [0.15, 0.2) is 30.5 Å². The van der Waals surface area contributed by atoms with Gasteiger partial charge in [0.2, 0.25) is 5.91 Å². The van der Waals surface area contributed by atoms with Crippen molar-refractivity contribution < 1.29 is 32.2 Å². The minimum Gasteiger partial charge on any atom is -0.447 e. The van der Waals surface area contributed by atoms with Crippen LogP contribution in [0.5, 0.6) is 0 Å². The number of pyridine rings is 1. The minimum atomic E-state index is -4.51. The number of carbonyl (C=O) groups is 2. The molecule has 1 saturated heterocycles. The van der Waals surface area contributed by atoms with Crippen LogP contribution in [0.25, 0.3) is 0 Å². The van der Waals surface area contributed by atoms with Gasteiger partial charge in [-0.15, -0.1) is 0 Å². The molecule has 1 aromatic rings. The second kappa shape index (κ2) is 5.99. The van der Waals surface area contributed by atoms with Crippen LogP contribution in [0.1, 0.15) is 17.7 Å². The van der Waals surface area contributed by atoms with Gasteiger partial charge >= 0.3 is 12.1 Å². The van der Waals surface area contributed by atoms with Gasteiger partial charge < -0.3 is 15.2 Å². The molecule has 0 bridgehead atoms. The molecular weight excluding hydrogens is 317 g/mol. The van der Waals surface area contributed by atoms with E-state index in [1.807, 2.05) is 0 Å². The number of nitrogens with zero attached hydrogens (tertiary/aromatic N) is 1. The Hall–Kier alpha value is -2.42. The number of hydrogen-bond acceptors (Lipinski definition) is 5. The molecule has 1 aliphatic heterocycles. The Balaban J connectivity index is 2.13. The lowest BCUT2D eigenvalue weighted by Gasteiger charge is -2.39. The topological polar surface area (TPSA) is 91.5 Å².